The van der Waals surface area contributed by atoms with Gasteiger partial charge in [-0.05, 0) is 41.3 Å². The third-order valence-electron chi connectivity index (χ3n) is 6.11. The van der Waals surface area contributed by atoms with Crippen LogP contribution in [0.4, 0.5) is 5.69 Å². The van der Waals surface area contributed by atoms with Gasteiger partial charge in [-0.3, -0.25) is 9.59 Å². The Morgan fingerprint density at radius 3 is 2.55 bits per heavy atom. The van der Waals surface area contributed by atoms with E-state index < -0.39 is 17.4 Å². The summed E-state index contributed by atoms with van der Waals surface area (Å²) in [6.45, 7) is 8.28. The van der Waals surface area contributed by atoms with Crippen LogP contribution in [0, 0.1) is 5.92 Å². The first kappa shape index (κ1) is 20.0. The van der Waals surface area contributed by atoms with Crippen LogP contribution in [0.1, 0.15) is 37.3 Å². The monoisotopic (exact) mass is 428 g/mol. The summed E-state index contributed by atoms with van der Waals surface area (Å²) >= 11 is 12.5. The number of nitrogens with one attached hydrogen (secondary N) is 2. The number of halogens is 2. The normalized spacial score (nSPS) is 25.7. The number of carbonyl (C=O) groups excluding carboxylic acids is 2. The molecule has 3 atom stereocenters. The van der Waals surface area contributed by atoms with E-state index in [9.17, 15) is 9.59 Å². The van der Waals surface area contributed by atoms with Gasteiger partial charge in [0, 0.05) is 28.1 Å². The molecule has 2 aliphatic heterocycles. The van der Waals surface area contributed by atoms with Crippen LogP contribution in [-0.4, -0.2) is 17.9 Å². The smallest absolute Gasteiger partial charge is 0.238 e. The fourth-order valence-electron chi connectivity index (χ4n) is 4.67. The first-order chi connectivity index (χ1) is 13.7. The molecule has 2 heterocycles. The topological polar surface area (TPSA) is 58.2 Å². The Hall–Kier alpha value is -2.30. The third-order valence-corrected chi connectivity index (χ3v) is 6.58. The second kappa shape index (κ2) is 7.19. The zero-order valence-corrected chi connectivity index (χ0v) is 17.8. The molecule has 0 bridgehead atoms. The molecular weight excluding hydrogens is 407 g/mol. The molecule has 0 aliphatic carbocycles. The summed E-state index contributed by atoms with van der Waals surface area (Å²) in [5, 5.41) is 7.18. The van der Waals surface area contributed by atoms with Crippen molar-refractivity contribution < 1.29 is 9.59 Å². The molecule has 4 nitrogen and oxygen atoms in total. The molecule has 0 radical (unpaired) electrons. The Balaban J connectivity index is 2.01. The lowest BCUT2D eigenvalue weighted by Gasteiger charge is -2.47. The van der Waals surface area contributed by atoms with Crippen LogP contribution in [0.3, 0.4) is 0 Å². The van der Waals surface area contributed by atoms with Gasteiger partial charge >= 0.3 is 0 Å². The molecular formula is C23H22Cl2N2O2. The molecule has 6 heteroatoms. The molecule has 1 fully saturated rings. The fraction of sp³-hybridized carbons (Fsp3) is 0.304. The number of benzene rings is 2. The summed E-state index contributed by atoms with van der Waals surface area (Å²) in [4.78, 5) is 26.4. The highest BCUT2D eigenvalue weighted by Crippen LogP contribution is 2.54. The lowest BCUT2D eigenvalue weighted by atomic mass is 9.58. The number of amides is 2. The Morgan fingerprint density at radius 2 is 1.86 bits per heavy atom. The van der Waals surface area contributed by atoms with Crippen molar-refractivity contribution in [3.63, 3.8) is 0 Å². The SMILES string of the molecule is C=C(C(C)C)[C@H]1NC(=O)C[C@@H](c2cccc(Cl)c2)[C@]12C(=O)Nc1cc(Cl)ccc12. The highest BCUT2D eigenvalue weighted by Gasteiger charge is 2.61. The largest absolute Gasteiger partial charge is 0.348 e. The minimum absolute atomic E-state index is 0.0828. The lowest BCUT2D eigenvalue weighted by molar-refractivity contribution is -0.130. The number of anilines is 1. The van der Waals surface area contributed by atoms with E-state index in [0.717, 1.165) is 16.7 Å². The maximum atomic E-state index is 13.7. The average Bonchev–Trinajstić information content (AvgIpc) is 2.94. The molecule has 4 rings (SSSR count). The quantitative estimate of drug-likeness (QED) is 0.670. The number of hydrogen-bond acceptors (Lipinski definition) is 2. The average molecular weight is 429 g/mol. The summed E-state index contributed by atoms with van der Waals surface area (Å²) in [7, 11) is 0. The van der Waals surface area contributed by atoms with Crippen molar-refractivity contribution in [2.45, 2.75) is 37.6 Å². The van der Waals surface area contributed by atoms with Gasteiger partial charge < -0.3 is 10.6 Å². The van der Waals surface area contributed by atoms with Crippen molar-refractivity contribution in [1.82, 2.24) is 5.32 Å². The van der Waals surface area contributed by atoms with Crippen LogP contribution < -0.4 is 10.6 Å². The Bertz CT molecular complexity index is 1030. The molecule has 150 valence electrons. The summed E-state index contributed by atoms with van der Waals surface area (Å²) in [5.74, 6) is -0.577. The van der Waals surface area contributed by atoms with Crippen LogP contribution in [0.2, 0.25) is 10.0 Å². The highest BCUT2D eigenvalue weighted by atomic mass is 35.5. The minimum atomic E-state index is -1.03. The zero-order valence-electron chi connectivity index (χ0n) is 16.3. The predicted octanol–water partition coefficient (Wildman–Crippen LogP) is 5.07. The number of piperidine rings is 1. The van der Waals surface area contributed by atoms with Crippen molar-refractivity contribution in [2.24, 2.45) is 5.92 Å². The van der Waals surface area contributed by atoms with Gasteiger partial charge in [0.15, 0.2) is 0 Å². The summed E-state index contributed by atoms with van der Waals surface area (Å²) < 4.78 is 0. The van der Waals surface area contributed by atoms with Gasteiger partial charge in [0.2, 0.25) is 11.8 Å². The number of carbonyl (C=O) groups is 2. The van der Waals surface area contributed by atoms with E-state index >= 15 is 0 Å². The maximum absolute atomic E-state index is 13.7. The fourth-order valence-corrected chi connectivity index (χ4v) is 5.04. The second-order valence-electron chi connectivity index (χ2n) is 8.05. The number of rotatable bonds is 3. The van der Waals surface area contributed by atoms with Gasteiger partial charge in [0.1, 0.15) is 5.41 Å². The van der Waals surface area contributed by atoms with Gasteiger partial charge in [0.05, 0.1) is 6.04 Å². The van der Waals surface area contributed by atoms with Gasteiger partial charge in [-0.25, -0.2) is 0 Å². The first-order valence-corrected chi connectivity index (χ1v) is 10.4. The lowest BCUT2D eigenvalue weighted by Crippen LogP contribution is -2.62. The third kappa shape index (κ3) is 3.06. The van der Waals surface area contributed by atoms with Gasteiger partial charge in [-0.2, -0.15) is 0 Å². The van der Waals surface area contributed by atoms with Crippen LogP contribution in [0.25, 0.3) is 0 Å². The molecule has 0 aromatic heterocycles. The highest BCUT2D eigenvalue weighted by molar-refractivity contribution is 6.31. The summed E-state index contributed by atoms with van der Waals surface area (Å²) in [6.07, 6.45) is 0.178. The molecule has 1 spiro atoms. The summed E-state index contributed by atoms with van der Waals surface area (Å²) in [5.41, 5.74) is 2.13. The van der Waals surface area contributed by atoms with E-state index in [0.29, 0.717) is 15.7 Å². The molecule has 1 saturated heterocycles. The van der Waals surface area contributed by atoms with Crippen molar-refractivity contribution in [1.29, 1.82) is 0 Å². The Morgan fingerprint density at radius 1 is 1.14 bits per heavy atom. The molecule has 0 saturated carbocycles. The van der Waals surface area contributed by atoms with Crippen molar-refractivity contribution in [3.8, 4) is 0 Å². The van der Waals surface area contributed by atoms with E-state index in [4.69, 9.17) is 23.2 Å². The van der Waals surface area contributed by atoms with Gasteiger partial charge in [-0.15, -0.1) is 0 Å². The number of hydrogen-bond donors (Lipinski definition) is 2. The van der Waals surface area contributed by atoms with E-state index in [1.807, 2.05) is 38.1 Å². The molecule has 2 aromatic carbocycles. The molecule has 2 aliphatic rings. The number of fused-ring (bicyclic) bond motifs is 2. The van der Waals surface area contributed by atoms with Gasteiger partial charge in [-0.1, -0.05) is 67.4 Å². The van der Waals surface area contributed by atoms with E-state index in [-0.39, 0.29) is 24.2 Å². The van der Waals surface area contributed by atoms with Crippen molar-refractivity contribution in [2.75, 3.05) is 5.32 Å². The molecule has 2 N–H and O–H groups in total. The molecule has 2 aromatic rings. The molecule has 29 heavy (non-hydrogen) atoms. The minimum Gasteiger partial charge on any atom is -0.348 e. The Kier molecular flexibility index (Phi) is 4.96. The zero-order chi connectivity index (χ0) is 20.9. The first-order valence-electron chi connectivity index (χ1n) is 9.60. The Labute approximate surface area is 180 Å². The van der Waals surface area contributed by atoms with Crippen LogP contribution in [0.15, 0.2) is 54.6 Å². The van der Waals surface area contributed by atoms with Crippen LogP contribution in [-0.2, 0) is 15.0 Å². The molecule has 0 unspecified atom stereocenters. The van der Waals surface area contributed by atoms with E-state index in [1.165, 1.54) is 0 Å². The van der Waals surface area contributed by atoms with Crippen LogP contribution in [0.5, 0.6) is 0 Å². The standard InChI is InChI=1S/C23H22Cl2N2O2/c1-12(2)13(3)21-23(17-8-7-16(25)10-19(17)26-22(23)29)18(11-20(28)27-21)14-5-4-6-15(24)9-14/h4-10,12,18,21H,3,11H2,1-2H3,(H,26,29)(H,27,28)/t18-,21+,23-/m0/s1. The summed E-state index contributed by atoms with van der Waals surface area (Å²) in [6, 6.07) is 12.3. The molecule has 2 amide bonds. The van der Waals surface area contributed by atoms with Crippen molar-refractivity contribution >= 4 is 40.7 Å². The van der Waals surface area contributed by atoms with Gasteiger partial charge in [0.25, 0.3) is 0 Å². The predicted molar refractivity (Wildman–Crippen MR) is 116 cm³/mol. The van der Waals surface area contributed by atoms with E-state index in [1.54, 1.807) is 18.2 Å². The van der Waals surface area contributed by atoms with Crippen LogP contribution >= 0.6 is 23.2 Å². The van der Waals surface area contributed by atoms with E-state index in [2.05, 4.69) is 17.2 Å². The maximum Gasteiger partial charge on any atom is 0.238 e. The van der Waals surface area contributed by atoms with Crippen molar-refractivity contribution in [3.05, 3.63) is 75.8 Å². The second-order valence-corrected chi connectivity index (χ2v) is 8.93.